The number of carbonyl (C=O) groups excluding carboxylic acids is 1. The van der Waals surface area contributed by atoms with Crippen molar-refractivity contribution in [2.45, 2.75) is 37.3 Å². The van der Waals surface area contributed by atoms with Crippen LogP contribution in [0.25, 0.3) is 0 Å². The van der Waals surface area contributed by atoms with Crippen molar-refractivity contribution in [3.8, 4) is 0 Å². The van der Waals surface area contributed by atoms with Gasteiger partial charge in [-0.15, -0.1) is 0 Å². The minimum absolute atomic E-state index is 0.154. The van der Waals surface area contributed by atoms with Crippen molar-refractivity contribution in [1.82, 2.24) is 9.88 Å². The molecule has 0 spiro atoms. The van der Waals surface area contributed by atoms with Gasteiger partial charge in [-0.1, -0.05) is 66.7 Å². The summed E-state index contributed by atoms with van der Waals surface area (Å²) in [6, 6.07) is 24.6. The SMILES string of the molecule is CN(Cc1cccnc1)C1CCC(C(C(N)=O)(c2ccccc2)c2ccccc2)C1. The van der Waals surface area contributed by atoms with Crippen molar-refractivity contribution >= 4 is 5.91 Å². The first-order chi connectivity index (χ1) is 14.6. The number of amides is 1. The zero-order chi connectivity index (χ0) is 21.0. The molecule has 2 unspecified atom stereocenters. The molecule has 4 heteroatoms. The van der Waals surface area contributed by atoms with Gasteiger partial charge < -0.3 is 5.73 Å². The molecular weight excluding hydrogens is 370 g/mol. The maximum atomic E-state index is 13.2. The van der Waals surface area contributed by atoms with Crippen LogP contribution in [0.2, 0.25) is 0 Å². The Morgan fingerprint density at radius 1 is 1.00 bits per heavy atom. The first-order valence-electron chi connectivity index (χ1n) is 10.6. The second-order valence-corrected chi connectivity index (χ2v) is 8.34. The van der Waals surface area contributed by atoms with Gasteiger partial charge in [-0.3, -0.25) is 14.7 Å². The molecule has 4 rings (SSSR count). The Morgan fingerprint density at radius 3 is 2.17 bits per heavy atom. The van der Waals surface area contributed by atoms with Gasteiger partial charge in [0, 0.05) is 25.0 Å². The zero-order valence-electron chi connectivity index (χ0n) is 17.4. The van der Waals surface area contributed by atoms with Crippen molar-refractivity contribution in [3.63, 3.8) is 0 Å². The van der Waals surface area contributed by atoms with Crippen LogP contribution in [0.3, 0.4) is 0 Å². The Morgan fingerprint density at radius 2 is 1.63 bits per heavy atom. The van der Waals surface area contributed by atoms with Crippen LogP contribution in [-0.2, 0) is 16.8 Å². The molecule has 0 bridgehead atoms. The Hall–Kier alpha value is -2.98. The average molecular weight is 400 g/mol. The predicted molar refractivity (Wildman–Crippen MR) is 120 cm³/mol. The Balaban J connectivity index is 1.66. The monoisotopic (exact) mass is 399 g/mol. The summed E-state index contributed by atoms with van der Waals surface area (Å²) in [6.07, 6.45) is 6.68. The number of nitrogens with zero attached hydrogens (tertiary/aromatic N) is 2. The first kappa shape index (κ1) is 20.3. The van der Waals surface area contributed by atoms with Crippen LogP contribution in [-0.4, -0.2) is 28.9 Å². The van der Waals surface area contributed by atoms with E-state index in [0.29, 0.717) is 6.04 Å². The van der Waals surface area contributed by atoms with Gasteiger partial charge in [-0.2, -0.15) is 0 Å². The number of benzene rings is 2. The van der Waals surface area contributed by atoms with E-state index in [1.165, 1.54) is 5.56 Å². The maximum absolute atomic E-state index is 13.2. The number of carbonyl (C=O) groups is 1. The lowest BCUT2D eigenvalue weighted by Crippen LogP contribution is -2.48. The highest BCUT2D eigenvalue weighted by Crippen LogP contribution is 2.47. The number of rotatable bonds is 7. The number of hydrogen-bond donors (Lipinski definition) is 1. The average Bonchev–Trinajstić information content (AvgIpc) is 3.27. The second-order valence-electron chi connectivity index (χ2n) is 8.34. The molecule has 4 nitrogen and oxygen atoms in total. The number of aromatic nitrogens is 1. The smallest absolute Gasteiger partial charge is 0.232 e. The van der Waals surface area contributed by atoms with E-state index in [1.807, 2.05) is 72.9 Å². The fourth-order valence-corrected chi connectivity index (χ4v) is 5.19. The molecule has 1 fully saturated rings. The summed E-state index contributed by atoms with van der Waals surface area (Å²) in [5.74, 6) is -0.110. The Labute approximate surface area is 178 Å². The second kappa shape index (κ2) is 8.80. The lowest BCUT2D eigenvalue weighted by atomic mass is 9.64. The standard InChI is InChI=1S/C26H29N3O/c1-29(19-20-9-8-16-28-18-20)24-15-14-23(17-24)26(25(27)30,21-10-4-2-5-11-21)22-12-6-3-7-13-22/h2-13,16,18,23-24H,14-15,17,19H2,1H3,(H2,27,30). The van der Waals surface area contributed by atoms with Gasteiger partial charge in [0.15, 0.2) is 0 Å². The van der Waals surface area contributed by atoms with Crippen molar-refractivity contribution in [1.29, 1.82) is 0 Å². The Bertz CT molecular complexity index is 920. The molecule has 3 aromatic rings. The number of pyridine rings is 1. The van der Waals surface area contributed by atoms with Crippen LogP contribution < -0.4 is 5.73 Å². The zero-order valence-corrected chi connectivity index (χ0v) is 17.4. The Kier molecular flexibility index (Phi) is 5.96. The molecule has 2 N–H and O–H groups in total. The fourth-order valence-electron chi connectivity index (χ4n) is 5.19. The van der Waals surface area contributed by atoms with Crippen LogP contribution in [0.4, 0.5) is 0 Å². The van der Waals surface area contributed by atoms with Crippen LogP contribution >= 0.6 is 0 Å². The summed E-state index contributed by atoms with van der Waals surface area (Å²) in [6.45, 7) is 0.853. The van der Waals surface area contributed by atoms with E-state index in [4.69, 9.17) is 5.73 Å². The van der Waals surface area contributed by atoms with Crippen molar-refractivity contribution in [3.05, 3.63) is 102 Å². The van der Waals surface area contributed by atoms with Gasteiger partial charge in [0.2, 0.25) is 5.91 Å². The topological polar surface area (TPSA) is 59.2 Å². The highest BCUT2D eigenvalue weighted by atomic mass is 16.1. The van der Waals surface area contributed by atoms with Crippen molar-refractivity contribution in [2.75, 3.05) is 7.05 Å². The van der Waals surface area contributed by atoms with Crippen molar-refractivity contribution < 1.29 is 4.79 Å². The molecule has 154 valence electrons. The molecular formula is C26H29N3O. The molecule has 1 aliphatic carbocycles. The molecule has 0 saturated heterocycles. The predicted octanol–water partition coefficient (Wildman–Crippen LogP) is 4.15. The number of primary amides is 1. The third-order valence-electron chi connectivity index (χ3n) is 6.64. The van der Waals surface area contributed by atoms with Gasteiger partial charge in [0.05, 0.1) is 0 Å². The van der Waals surface area contributed by atoms with E-state index in [-0.39, 0.29) is 11.8 Å². The summed E-state index contributed by atoms with van der Waals surface area (Å²) in [5.41, 5.74) is 8.57. The van der Waals surface area contributed by atoms with Gasteiger partial charge >= 0.3 is 0 Å². The van der Waals surface area contributed by atoms with E-state index in [1.54, 1.807) is 6.20 Å². The highest BCUT2D eigenvalue weighted by Gasteiger charge is 2.50. The molecule has 1 amide bonds. The van der Waals surface area contributed by atoms with Crippen LogP contribution in [0.5, 0.6) is 0 Å². The van der Waals surface area contributed by atoms with E-state index in [9.17, 15) is 4.79 Å². The first-order valence-corrected chi connectivity index (χ1v) is 10.6. The van der Waals surface area contributed by atoms with Gasteiger partial charge in [-0.25, -0.2) is 0 Å². The summed E-state index contributed by atoms with van der Waals surface area (Å²) in [7, 11) is 2.16. The third-order valence-corrected chi connectivity index (χ3v) is 6.64. The third kappa shape index (κ3) is 3.75. The van der Waals surface area contributed by atoms with Crippen LogP contribution in [0, 0.1) is 5.92 Å². The molecule has 30 heavy (non-hydrogen) atoms. The number of hydrogen-bond acceptors (Lipinski definition) is 3. The summed E-state index contributed by atoms with van der Waals surface area (Å²) >= 11 is 0. The summed E-state index contributed by atoms with van der Waals surface area (Å²) in [4.78, 5) is 19.8. The minimum Gasteiger partial charge on any atom is -0.369 e. The summed E-state index contributed by atoms with van der Waals surface area (Å²) in [5, 5.41) is 0. The van der Waals surface area contributed by atoms with Crippen molar-refractivity contribution in [2.24, 2.45) is 11.7 Å². The molecule has 2 atom stereocenters. The summed E-state index contributed by atoms with van der Waals surface area (Å²) < 4.78 is 0. The van der Waals surface area contributed by atoms with Gasteiger partial charge in [0.1, 0.15) is 5.41 Å². The quantitative estimate of drug-likeness (QED) is 0.649. The van der Waals surface area contributed by atoms with Gasteiger partial charge in [0.25, 0.3) is 0 Å². The lowest BCUT2D eigenvalue weighted by Gasteiger charge is -2.38. The molecule has 1 saturated carbocycles. The largest absolute Gasteiger partial charge is 0.369 e. The molecule has 0 aliphatic heterocycles. The van der Waals surface area contributed by atoms with E-state index in [0.717, 1.165) is 36.9 Å². The fraction of sp³-hybridized carbons (Fsp3) is 0.308. The van der Waals surface area contributed by atoms with Gasteiger partial charge in [-0.05, 0) is 55.0 Å². The number of nitrogens with two attached hydrogens (primary N) is 1. The maximum Gasteiger partial charge on any atom is 0.232 e. The highest BCUT2D eigenvalue weighted by molar-refractivity contribution is 5.91. The van der Waals surface area contributed by atoms with E-state index < -0.39 is 5.41 Å². The van der Waals surface area contributed by atoms with Crippen LogP contribution in [0.1, 0.15) is 36.0 Å². The van der Waals surface area contributed by atoms with E-state index >= 15 is 0 Å². The normalized spacial score (nSPS) is 19.1. The molecule has 2 aromatic carbocycles. The lowest BCUT2D eigenvalue weighted by molar-refractivity contribution is -0.123. The molecule has 1 heterocycles. The molecule has 1 aromatic heterocycles. The van der Waals surface area contributed by atoms with E-state index in [2.05, 4.69) is 23.0 Å². The molecule has 1 aliphatic rings. The van der Waals surface area contributed by atoms with Crippen LogP contribution in [0.15, 0.2) is 85.2 Å². The molecule has 0 radical (unpaired) electrons. The minimum atomic E-state index is -0.813.